The molecule has 1 atom stereocenters. The molecule has 4 heteroatoms. The van der Waals surface area contributed by atoms with Crippen molar-refractivity contribution < 1.29 is 9.47 Å². The van der Waals surface area contributed by atoms with E-state index in [-0.39, 0.29) is 0 Å². The first-order chi connectivity index (χ1) is 8.79. The molecule has 0 saturated carbocycles. The second kappa shape index (κ2) is 6.90. The summed E-state index contributed by atoms with van der Waals surface area (Å²) in [5.41, 5.74) is 6.60. The number of anilines is 1. The zero-order valence-corrected chi connectivity index (χ0v) is 11.7. The second-order valence-corrected chi connectivity index (χ2v) is 5.59. The van der Waals surface area contributed by atoms with Gasteiger partial charge in [0.05, 0.1) is 18.4 Å². The molecule has 2 rings (SSSR count). The number of nitrogen functional groups attached to an aromatic ring is 1. The Balaban J connectivity index is 1.91. The Bertz CT molecular complexity index is 378. The summed E-state index contributed by atoms with van der Waals surface area (Å²) in [5, 5.41) is 0. The average Bonchev–Trinajstić information content (AvgIpc) is 2.89. The molecule has 1 aliphatic heterocycles. The maximum Gasteiger partial charge on any atom is 0.143 e. The van der Waals surface area contributed by atoms with Gasteiger partial charge in [-0.15, -0.1) is 11.8 Å². The van der Waals surface area contributed by atoms with Gasteiger partial charge in [0.25, 0.3) is 0 Å². The topological polar surface area (TPSA) is 44.5 Å². The Labute approximate surface area is 113 Å². The zero-order chi connectivity index (χ0) is 12.8. The highest BCUT2D eigenvalue weighted by molar-refractivity contribution is 7.99. The minimum absolute atomic E-state index is 0.410. The number of nitrogens with two attached hydrogens (primary N) is 1. The first-order valence-electron chi connectivity index (χ1n) is 6.56. The van der Waals surface area contributed by atoms with E-state index in [2.05, 4.69) is 6.92 Å². The summed E-state index contributed by atoms with van der Waals surface area (Å²) < 4.78 is 11.2. The van der Waals surface area contributed by atoms with Gasteiger partial charge in [-0.2, -0.15) is 0 Å². The molecule has 2 N–H and O–H groups in total. The lowest BCUT2D eigenvalue weighted by molar-refractivity contribution is 0.129. The average molecular weight is 267 g/mol. The van der Waals surface area contributed by atoms with Crippen LogP contribution < -0.4 is 10.5 Å². The molecule has 1 aliphatic rings. The van der Waals surface area contributed by atoms with E-state index in [9.17, 15) is 0 Å². The van der Waals surface area contributed by atoms with Crippen molar-refractivity contribution in [3.63, 3.8) is 0 Å². The Morgan fingerprint density at radius 2 is 2.39 bits per heavy atom. The van der Waals surface area contributed by atoms with E-state index in [1.165, 1.54) is 17.7 Å². The van der Waals surface area contributed by atoms with Crippen LogP contribution in [0, 0.1) is 0 Å². The third-order valence-electron chi connectivity index (χ3n) is 2.91. The van der Waals surface area contributed by atoms with Crippen LogP contribution in [0.5, 0.6) is 5.75 Å². The fourth-order valence-corrected chi connectivity index (χ4v) is 2.90. The molecular formula is C14H21NO2S. The summed E-state index contributed by atoms with van der Waals surface area (Å²) >= 11 is 1.81. The van der Waals surface area contributed by atoms with E-state index >= 15 is 0 Å². The van der Waals surface area contributed by atoms with Gasteiger partial charge in [0, 0.05) is 17.3 Å². The van der Waals surface area contributed by atoms with Crippen molar-refractivity contribution in [1.29, 1.82) is 0 Å². The fraction of sp³-hybridized carbons (Fsp3) is 0.571. The van der Waals surface area contributed by atoms with Crippen LogP contribution in [0.1, 0.15) is 26.2 Å². The summed E-state index contributed by atoms with van der Waals surface area (Å²) in [6.45, 7) is 3.72. The number of hydrogen-bond donors (Lipinski definition) is 1. The van der Waals surface area contributed by atoms with Gasteiger partial charge in [-0.3, -0.25) is 0 Å². The van der Waals surface area contributed by atoms with Crippen LogP contribution in [0.25, 0.3) is 0 Å². The van der Waals surface area contributed by atoms with Crippen molar-refractivity contribution in [3.8, 4) is 5.75 Å². The monoisotopic (exact) mass is 267 g/mol. The predicted octanol–water partition coefficient (Wildman–Crippen LogP) is 3.33. The molecule has 0 spiro atoms. The molecule has 0 amide bonds. The molecule has 1 fully saturated rings. The van der Waals surface area contributed by atoms with Crippen LogP contribution in [0.2, 0.25) is 0 Å². The third-order valence-corrected chi connectivity index (χ3v) is 4.03. The minimum atomic E-state index is 0.410. The van der Waals surface area contributed by atoms with E-state index in [1.807, 2.05) is 30.0 Å². The summed E-state index contributed by atoms with van der Waals surface area (Å²) in [7, 11) is 0. The van der Waals surface area contributed by atoms with Crippen LogP contribution in [0.15, 0.2) is 23.1 Å². The van der Waals surface area contributed by atoms with Gasteiger partial charge in [-0.25, -0.2) is 0 Å². The van der Waals surface area contributed by atoms with Gasteiger partial charge >= 0.3 is 0 Å². The lowest BCUT2D eigenvalue weighted by Crippen LogP contribution is -2.07. The van der Waals surface area contributed by atoms with Gasteiger partial charge in [0.15, 0.2) is 0 Å². The van der Waals surface area contributed by atoms with Gasteiger partial charge in [0.1, 0.15) is 5.75 Å². The van der Waals surface area contributed by atoms with E-state index in [0.29, 0.717) is 18.4 Å². The van der Waals surface area contributed by atoms with Crippen LogP contribution in [-0.2, 0) is 4.74 Å². The SMILES string of the molecule is CCCOc1cc(SCC2CCCO2)ccc1N. The number of ether oxygens (including phenoxy) is 2. The van der Waals surface area contributed by atoms with Crippen molar-refractivity contribution in [2.45, 2.75) is 37.2 Å². The summed E-state index contributed by atoms with van der Waals surface area (Å²) in [6, 6.07) is 6.00. The number of thioether (sulfide) groups is 1. The highest BCUT2D eigenvalue weighted by atomic mass is 32.2. The standard InChI is InChI=1S/C14H21NO2S/c1-2-7-17-14-9-12(5-6-13(14)15)18-10-11-4-3-8-16-11/h5-6,9,11H,2-4,7-8,10,15H2,1H3. The summed E-state index contributed by atoms with van der Waals surface area (Å²) in [5.74, 6) is 1.81. The van der Waals surface area contributed by atoms with E-state index in [4.69, 9.17) is 15.2 Å². The molecule has 0 aromatic heterocycles. The Morgan fingerprint density at radius 3 is 3.11 bits per heavy atom. The third kappa shape index (κ3) is 3.82. The van der Waals surface area contributed by atoms with Gasteiger partial charge < -0.3 is 15.2 Å². The number of hydrogen-bond acceptors (Lipinski definition) is 4. The quantitative estimate of drug-likeness (QED) is 0.634. The van der Waals surface area contributed by atoms with E-state index < -0.39 is 0 Å². The zero-order valence-electron chi connectivity index (χ0n) is 10.9. The maximum absolute atomic E-state index is 5.89. The fourth-order valence-electron chi connectivity index (χ4n) is 1.91. The first-order valence-corrected chi connectivity index (χ1v) is 7.55. The molecule has 0 bridgehead atoms. The van der Waals surface area contributed by atoms with Gasteiger partial charge in [-0.05, 0) is 37.5 Å². The molecule has 1 saturated heterocycles. The number of benzene rings is 1. The Morgan fingerprint density at radius 1 is 1.50 bits per heavy atom. The summed E-state index contributed by atoms with van der Waals surface area (Å²) in [4.78, 5) is 1.20. The van der Waals surface area contributed by atoms with Crippen molar-refractivity contribution in [3.05, 3.63) is 18.2 Å². The molecule has 100 valence electrons. The maximum atomic E-state index is 5.89. The predicted molar refractivity (Wildman–Crippen MR) is 76.3 cm³/mol. The van der Waals surface area contributed by atoms with Crippen molar-refractivity contribution >= 4 is 17.4 Å². The molecule has 1 aromatic carbocycles. The highest BCUT2D eigenvalue weighted by Crippen LogP contribution is 2.30. The Hall–Kier alpha value is -0.870. The van der Waals surface area contributed by atoms with E-state index in [0.717, 1.165) is 24.5 Å². The minimum Gasteiger partial charge on any atom is -0.491 e. The largest absolute Gasteiger partial charge is 0.491 e. The molecule has 3 nitrogen and oxygen atoms in total. The molecule has 18 heavy (non-hydrogen) atoms. The normalized spacial score (nSPS) is 19.1. The van der Waals surface area contributed by atoms with Crippen molar-refractivity contribution in [2.75, 3.05) is 24.7 Å². The lowest BCUT2D eigenvalue weighted by Gasteiger charge is -2.11. The van der Waals surface area contributed by atoms with E-state index in [1.54, 1.807) is 0 Å². The smallest absolute Gasteiger partial charge is 0.143 e. The highest BCUT2D eigenvalue weighted by Gasteiger charge is 2.15. The molecule has 1 unspecified atom stereocenters. The molecule has 0 aliphatic carbocycles. The number of rotatable bonds is 6. The molecule has 1 heterocycles. The van der Waals surface area contributed by atoms with Crippen molar-refractivity contribution in [2.24, 2.45) is 0 Å². The second-order valence-electron chi connectivity index (χ2n) is 4.49. The lowest BCUT2D eigenvalue weighted by atomic mass is 10.3. The summed E-state index contributed by atoms with van der Waals surface area (Å²) in [6.07, 6.45) is 3.78. The van der Waals surface area contributed by atoms with Crippen LogP contribution >= 0.6 is 11.8 Å². The Kier molecular flexibility index (Phi) is 5.20. The van der Waals surface area contributed by atoms with Crippen molar-refractivity contribution in [1.82, 2.24) is 0 Å². The molecular weight excluding hydrogens is 246 g/mol. The van der Waals surface area contributed by atoms with Gasteiger partial charge in [-0.1, -0.05) is 6.92 Å². The first kappa shape index (κ1) is 13.6. The van der Waals surface area contributed by atoms with Gasteiger partial charge in [0.2, 0.25) is 0 Å². The van der Waals surface area contributed by atoms with Crippen LogP contribution in [0.3, 0.4) is 0 Å². The molecule has 1 aromatic rings. The molecule has 0 radical (unpaired) electrons. The van der Waals surface area contributed by atoms with Crippen LogP contribution in [-0.4, -0.2) is 25.1 Å². The van der Waals surface area contributed by atoms with Crippen LogP contribution in [0.4, 0.5) is 5.69 Å².